The van der Waals surface area contributed by atoms with Crippen molar-refractivity contribution in [3.05, 3.63) is 58.2 Å². The first-order chi connectivity index (χ1) is 8.79. The average molecular weight is 262 g/mol. The predicted molar refractivity (Wildman–Crippen MR) is 69.7 cm³/mol. The van der Waals surface area contributed by atoms with Gasteiger partial charge in [0, 0.05) is 5.39 Å². The molecule has 0 bridgehead atoms. The van der Waals surface area contributed by atoms with Gasteiger partial charge in [-0.2, -0.15) is 11.3 Å². The van der Waals surface area contributed by atoms with E-state index < -0.39 is 0 Å². The van der Waals surface area contributed by atoms with E-state index in [0.717, 1.165) is 10.9 Å². The summed E-state index contributed by atoms with van der Waals surface area (Å²) in [6.07, 6.45) is 0. The third-order valence-electron chi connectivity index (χ3n) is 2.84. The van der Waals surface area contributed by atoms with Crippen molar-refractivity contribution in [2.24, 2.45) is 5.84 Å². The summed E-state index contributed by atoms with van der Waals surface area (Å²) in [5, 5.41) is 4.68. The van der Waals surface area contributed by atoms with E-state index in [0.29, 0.717) is 5.76 Å². The molecule has 3 aromatic rings. The van der Waals surface area contributed by atoms with Crippen molar-refractivity contribution in [1.82, 2.24) is 5.43 Å². The van der Waals surface area contributed by atoms with Gasteiger partial charge < -0.3 is 4.42 Å². The Balaban J connectivity index is 2.11. The minimum Gasteiger partial charge on any atom is -0.456 e. The molecule has 0 aliphatic heterocycles. The Morgan fingerprint density at radius 2 is 2.22 bits per heavy atom. The van der Waals surface area contributed by atoms with Crippen molar-refractivity contribution < 1.29 is 8.81 Å². The summed E-state index contributed by atoms with van der Waals surface area (Å²) in [5.74, 6) is 5.80. The molecular weight excluding hydrogens is 251 g/mol. The lowest BCUT2D eigenvalue weighted by Gasteiger charge is -2.10. The maximum absolute atomic E-state index is 13.6. The molecule has 0 aliphatic rings. The zero-order chi connectivity index (χ0) is 12.5. The molecule has 1 unspecified atom stereocenters. The highest BCUT2D eigenvalue weighted by molar-refractivity contribution is 7.08. The number of furan rings is 1. The van der Waals surface area contributed by atoms with Crippen LogP contribution in [0.3, 0.4) is 0 Å². The lowest BCUT2D eigenvalue weighted by atomic mass is 10.1. The molecule has 0 spiro atoms. The Morgan fingerprint density at radius 3 is 2.89 bits per heavy atom. The molecule has 0 saturated heterocycles. The van der Waals surface area contributed by atoms with Gasteiger partial charge in [0.2, 0.25) is 0 Å². The van der Waals surface area contributed by atoms with Crippen LogP contribution in [0.2, 0.25) is 0 Å². The molecule has 0 fully saturated rings. The van der Waals surface area contributed by atoms with Crippen molar-refractivity contribution in [2.75, 3.05) is 0 Å². The molecule has 0 aliphatic carbocycles. The Labute approximate surface area is 107 Å². The van der Waals surface area contributed by atoms with Crippen LogP contribution in [-0.4, -0.2) is 0 Å². The van der Waals surface area contributed by atoms with Gasteiger partial charge in [-0.3, -0.25) is 5.84 Å². The second kappa shape index (κ2) is 4.53. The van der Waals surface area contributed by atoms with Crippen LogP contribution in [0.15, 0.2) is 45.5 Å². The number of benzene rings is 1. The molecule has 1 aromatic carbocycles. The number of hydrazine groups is 1. The quantitative estimate of drug-likeness (QED) is 0.563. The fourth-order valence-corrected chi connectivity index (χ4v) is 2.66. The smallest absolute Gasteiger partial charge is 0.169 e. The summed E-state index contributed by atoms with van der Waals surface area (Å²) in [6, 6.07) is 8.35. The second-order valence-electron chi connectivity index (χ2n) is 3.96. The Hall–Kier alpha value is -1.69. The Bertz CT molecular complexity index is 663. The summed E-state index contributed by atoms with van der Waals surface area (Å²) in [4.78, 5) is 0. The zero-order valence-corrected chi connectivity index (χ0v) is 10.2. The van der Waals surface area contributed by atoms with Crippen LogP contribution < -0.4 is 11.3 Å². The van der Waals surface area contributed by atoms with Gasteiger partial charge in [0.15, 0.2) is 11.4 Å². The van der Waals surface area contributed by atoms with Crippen molar-refractivity contribution >= 4 is 22.3 Å². The molecule has 92 valence electrons. The first kappa shape index (κ1) is 11.4. The van der Waals surface area contributed by atoms with Gasteiger partial charge in [-0.05, 0) is 34.5 Å². The third kappa shape index (κ3) is 1.82. The highest BCUT2D eigenvalue weighted by atomic mass is 32.1. The third-order valence-corrected chi connectivity index (χ3v) is 3.54. The largest absolute Gasteiger partial charge is 0.456 e. The van der Waals surface area contributed by atoms with E-state index in [2.05, 4.69) is 5.43 Å². The normalized spacial score (nSPS) is 13.0. The molecule has 5 heteroatoms. The van der Waals surface area contributed by atoms with Crippen LogP contribution in [0.25, 0.3) is 11.0 Å². The van der Waals surface area contributed by atoms with Crippen molar-refractivity contribution in [2.45, 2.75) is 6.04 Å². The standard InChI is InChI=1S/C13H11FN2OS/c14-10-3-1-2-8-6-11(17-13(8)10)12(16-15)9-4-5-18-7-9/h1-7,12,16H,15H2. The van der Waals surface area contributed by atoms with Gasteiger partial charge in [0.1, 0.15) is 11.8 Å². The maximum Gasteiger partial charge on any atom is 0.169 e. The van der Waals surface area contributed by atoms with Gasteiger partial charge >= 0.3 is 0 Å². The number of fused-ring (bicyclic) bond motifs is 1. The number of thiophene rings is 1. The first-order valence-electron chi connectivity index (χ1n) is 5.46. The molecule has 3 nitrogen and oxygen atoms in total. The molecule has 0 radical (unpaired) electrons. The number of hydrogen-bond acceptors (Lipinski definition) is 4. The topological polar surface area (TPSA) is 51.2 Å². The Kier molecular flexibility index (Phi) is 2.87. The fourth-order valence-electron chi connectivity index (χ4n) is 1.97. The number of hydrogen-bond donors (Lipinski definition) is 2. The summed E-state index contributed by atoms with van der Waals surface area (Å²) >= 11 is 1.58. The van der Waals surface area contributed by atoms with E-state index in [4.69, 9.17) is 10.3 Å². The van der Waals surface area contributed by atoms with E-state index >= 15 is 0 Å². The summed E-state index contributed by atoms with van der Waals surface area (Å²) in [6.45, 7) is 0. The van der Waals surface area contributed by atoms with Crippen molar-refractivity contribution in [3.63, 3.8) is 0 Å². The lowest BCUT2D eigenvalue weighted by molar-refractivity contribution is 0.465. The van der Waals surface area contributed by atoms with E-state index in [9.17, 15) is 4.39 Å². The van der Waals surface area contributed by atoms with E-state index in [1.807, 2.05) is 22.9 Å². The molecule has 1 atom stereocenters. The number of para-hydroxylation sites is 1. The highest BCUT2D eigenvalue weighted by Gasteiger charge is 2.18. The maximum atomic E-state index is 13.6. The molecule has 18 heavy (non-hydrogen) atoms. The van der Waals surface area contributed by atoms with Crippen LogP contribution in [0.5, 0.6) is 0 Å². The van der Waals surface area contributed by atoms with Gasteiger partial charge in [-0.25, -0.2) is 9.82 Å². The minimum atomic E-state index is -0.361. The van der Waals surface area contributed by atoms with Gasteiger partial charge in [-0.15, -0.1) is 0 Å². The second-order valence-corrected chi connectivity index (χ2v) is 4.74. The lowest BCUT2D eigenvalue weighted by Crippen LogP contribution is -2.28. The molecule has 0 amide bonds. The fraction of sp³-hybridized carbons (Fsp3) is 0.0769. The van der Waals surface area contributed by atoms with Crippen molar-refractivity contribution in [1.29, 1.82) is 0 Å². The average Bonchev–Trinajstić information content (AvgIpc) is 3.00. The van der Waals surface area contributed by atoms with E-state index in [1.165, 1.54) is 6.07 Å². The van der Waals surface area contributed by atoms with E-state index in [1.54, 1.807) is 23.5 Å². The van der Waals surface area contributed by atoms with Gasteiger partial charge in [0.05, 0.1) is 0 Å². The number of nitrogens with one attached hydrogen (secondary N) is 1. The molecule has 2 aromatic heterocycles. The molecule has 3 N–H and O–H groups in total. The number of nitrogens with two attached hydrogens (primary N) is 1. The van der Waals surface area contributed by atoms with Crippen LogP contribution in [0.4, 0.5) is 4.39 Å². The Morgan fingerprint density at radius 1 is 1.33 bits per heavy atom. The molecule has 2 heterocycles. The van der Waals surface area contributed by atoms with Crippen LogP contribution in [0.1, 0.15) is 17.4 Å². The van der Waals surface area contributed by atoms with Crippen LogP contribution in [-0.2, 0) is 0 Å². The van der Waals surface area contributed by atoms with E-state index in [-0.39, 0.29) is 17.4 Å². The first-order valence-corrected chi connectivity index (χ1v) is 6.40. The van der Waals surface area contributed by atoms with Gasteiger partial charge in [-0.1, -0.05) is 12.1 Å². The van der Waals surface area contributed by atoms with Crippen molar-refractivity contribution in [3.8, 4) is 0 Å². The molecule has 0 saturated carbocycles. The zero-order valence-electron chi connectivity index (χ0n) is 9.39. The number of halogens is 1. The number of rotatable bonds is 3. The van der Waals surface area contributed by atoms with Gasteiger partial charge in [0.25, 0.3) is 0 Å². The SMILES string of the molecule is NNC(c1ccsc1)c1cc2cccc(F)c2o1. The summed E-state index contributed by atoms with van der Waals surface area (Å²) in [7, 11) is 0. The van der Waals surface area contributed by atoms with Crippen LogP contribution in [0, 0.1) is 5.82 Å². The minimum absolute atomic E-state index is 0.261. The predicted octanol–water partition coefficient (Wildman–Crippen LogP) is 3.19. The molecule has 3 rings (SSSR count). The van der Waals surface area contributed by atoms with Crippen LogP contribution >= 0.6 is 11.3 Å². The summed E-state index contributed by atoms with van der Waals surface area (Å²) < 4.78 is 19.1. The monoisotopic (exact) mass is 262 g/mol. The summed E-state index contributed by atoms with van der Waals surface area (Å²) in [5.41, 5.74) is 3.96. The molecular formula is C13H11FN2OS. The highest BCUT2D eigenvalue weighted by Crippen LogP contribution is 2.29.